The molecule has 3 amide bonds. The number of nitrogens with zero attached hydrogens (tertiary/aromatic N) is 1. The lowest BCUT2D eigenvalue weighted by atomic mass is 10.1. The number of nitrogens with one attached hydrogen (secondary N) is 1. The highest BCUT2D eigenvalue weighted by molar-refractivity contribution is 6.21. The van der Waals surface area contributed by atoms with E-state index in [0.717, 1.165) is 16.0 Å². The lowest BCUT2D eigenvalue weighted by molar-refractivity contribution is -0.153. The molecule has 1 aliphatic heterocycles. The van der Waals surface area contributed by atoms with Crippen LogP contribution in [0.25, 0.3) is 0 Å². The van der Waals surface area contributed by atoms with Gasteiger partial charge in [-0.1, -0.05) is 24.3 Å². The van der Waals surface area contributed by atoms with Crippen LogP contribution in [0.3, 0.4) is 0 Å². The van der Waals surface area contributed by atoms with Crippen molar-refractivity contribution in [2.75, 3.05) is 11.9 Å². The van der Waals surface area contributed by atoms with Crippen molar-refractivity contribution >= 4 is 29.4 Å². The number of rotatable bonds is 7. The van der Waals surface area contributed by atoms with Gasteiger partial charge in [0.1, 0.15) is 0 Å². The second kappa shape index (κ2) is 8.90. The minimum absolute atomic E-state index is 0.00546. The summed E-state index contributed by atoms with van der Waals surface area (Å²) in [6.45, 7) is 5.42. The zero-order valence-electron chi connectivity index (χ0n) is 17.2. The highest BCUT2D eigenvalue weighted by Crippen LogP contribution is 2.22. The maximum atomic E-state index is 12.3. The summed E-state index contributed by atoms with van der Waals surface area (Å²) in [6, 6.07) is 12.3. The number of carbonyl (C=O) groups is 4. The Balaban J connectivity index is 1.47. The summed E-state index contributed by atoms with van der Waals surface area (Å²) in [5, 5.41) is 2.77. The summed E-state index contributed by atoms with van der Waals surface area (Å²) in [6.07, 6.45) is -0.707. The van der Waals surface area contributed by atoms with Crippen LogP contribution in [0.1, 0.15) is 51.6 Å². The molecule has 1 atom stereocenters. The van der Waals surface area contributed by atoms with Gasteiger partial charge in [-0.3, -0.25) is 24.1 Å². The molecular weight excluding hydrogens is 384 g/mol. The van der Waals surface area contributed by atoms with Crippen LogP contribution in [-0.2, 0) is 14.3 Å². The first kappa shape index (κ1) is 21.2. The summed E-state index contributed by atoms with van der Waals surface area (Å²) in [4.78, 5) is 50.2. The van der Waals surface area contributed by atoms with Gasteiger partial charge in [0, 0.05) is 18.7 Å². The number of hydrogen-bond acceptors (Lipinski definition) is 5. The molecule has 30 heavy (non-hydrogen) atoms. The zero-order chi connectivity index (χ0) is 21.8. The second-order valence-electron chi connectivity index (χ2n) is 7.35. The molecule has 0 aliphatic carbocycles. The maximum absolute atomic E-state index is 12.3. The third-order valence-corrected chi connectivity index (χ3v) is 4.97. The van der Waals surface area contributed by atoms with E-state index in [-0.39, 0.29) is 31.2 Å². The minimum atomic E-state index is -0.961. The van der Waals surface area contributed by atoms with Gasteiger partial charge in [0.2, 0.25) is 0 Å². The maximum Gasteiger partial charge on any atom is 0.306 e. The van der Waals surface area contributed by atoms with E-state index in [1.165, 1.54) is 6.92 Å². The molecule has 156 valence electrons. The standard InChI is InChI=1S/C23H24N2O5/c1-14-10-11-15(2)19(13-14)24-21(27)16(3)30-20(26)9-6-12-25-22(28)17-7-4-5-8-18(17)23(25)29/h4-5,7-8,10-11,13,16H,6,9,12H2,1-3H3,(H,24,27)/t16-/m1/s1. The van der Waals surface area contributed by atoms with E-state index < -0.39 is 18.0 Å². The monoisotopic (exact) mass is 408 g/mol. The molecule has 0 fully saturated rings. The van der Waals surface area contributed by atoms with E-state index in [0.29, 0.717) is 16.8 Å². The minimum Gasteiger partial charge on any atom is -0.453 e. The smallest absolute Gasteiger partial charge is 0.306 e. The molecule has 1 N–H and O–H groups in total. The van der Waals surface area contributed by atoms with Gasteiger partial charge < -0.3 is 10.1 Å². The lowest BCUT2D eigenvalue weighted by Crippen LogP contribution is -2.32. The van der Waals surface area contributed by atoms with Crippen LogP contribution in [0.2, 0.25) is 0 Å². The Hall–Kier alpha value is -3.48. The highest BCUT2D eigenvalue weighted by atomic mass is 16.5. The largest absolute Gasteiger partial charge is 0.453 e. The molecule has 0 saturated carbocycles. The summed E-state index contributed by atoms with van der Waals surface area (Å²) in [5.41, 5.74) is 3.35. The third kappa shape index (κ3) is 4.56. The third-order valence-electron chi connectivity index (χ3n) is 4.97. The van der Waals surface area contributed by atoms with Gasteiger partial charge in [-0.05, 0) is 56.5 Å². The van der Waals surface area contributed by atoms with Crippen LogP contribution in [-0.4, -0.2) is 41.2 Å². The average molecular weight is 408 g/mol. The van der Waals surface area contributed by atoms with Gasteiger partial charge >= 0.3 is 5.97 Å². The number of carbonyl (C=O) groups excluding carboxylic acids is 4. The van der Waals surface area contributed by atoms with E-state index in [1.807, 2.05) is 32.0 Å². The first-order valence-electron chi connectivity index (χ1n) is 9.80. The molecule has 0 bridgehead atoms. The fourth-order valence-electron chi connectivity index (χ4n) is 3.24. The quantitative estimate of drug-likeness (QED) is 0.561. The van der Waals surface area contributed by atoms with E-state index in [1.54, 1.807) is 24.3 Å². The zero-order valence-corrected chi connectivity index (χ0v) is 17.2. The number of anilines is 1. The Labute approximate surface area is 175 Å². The molecule has 0 spiro atoms. The number of benzene rings is 2. The lowest BCUT2D eigenvalue weighted by Gasteiger charge is -2.16. The van der Waals surface area contributed by atoms with Crippen molar-refractivity contribution in [2.24, 2.45) is 0 Å². The number of fused-ring (bicyclic) bond motifs is 1. The number of amides is 3. The van der Waals surface area contributed by atoms with E-state index in [4.69, 9.17) is 4.74 Å². The first-order valence-corrected chi connectivity index (χ1v) is 9.80. The first-order chi connectivity index (χ1) is 14.3. The topological polar surface area (TPSA) is 92.8 Å². The average Bonchev–Trinajstić information content (AvgIpc) is 2.95. The molecule has 0 saturated heterocycles. The predicted molar refractivity (Wildman–Crippen MR) is 111 cm³/mol. The molecule has 0 unspecified atom stereocenters. The molecule has 0 radical (unpaired) electrons. The van der Waals surface area contributed by atoms with E-state index in [9.17, 15) is 19.2 Å². The number of hydrogen-bond donors (Lipinski definition) is 1. The van der Waals surface area contributed by atoms with E-state index in [2.05, 4.69) is 5.32 Å². The van der Waals surface area contributed by atoms with Crippen molar-refractivity contribution in [3.8, 4) is 0 Å². The Morgan fingerprint density at radius 2 is 1.67 bits per heavy atom. The Morgan fingerprint density at radius 3 is 2.30 bits per heavy atom. The number of imide groups is 1. The predicted octanol–water partition coefficient (Wildman–Crippen LogP) is 3.25. The number of ether oxygens (including phenoxy) is 1. The van der Waals surface area contributed by atoms with Crippen LogP contribution in [0.5, 0.6) is 0 Å². The van der Waals surface area contributed by atoms with Gasteiger partial charge in [-0.15, -0.1) is 0 Å². The van der Waals surface area contributed by atoms with Crippen LogP contribution in [0.4, 0.5) is 5.69 Å². The van der Waals surface area contributed by atoms with Gasteiger partial charge in [-0.2, -0.15) is 0 Å². The van der Waals surface area contributed by atoms with Crippen molar-refractivity contribution in [1.82, 2.24) is 4.90 Å². The van der Waals surface area contributed by atoms with Crippen LogP contribution in [0.15, 0.2) is 42.5 Å². The summed E-state index contributed by atoms with van der Waals surface area (Å²) >= 11 is 0. The van der Waals surface area contributed by atoms with Crippen molar-refractivity contribution in [2.45, 2.75) is 39.7 Å². The summed E-state index contributed by atoms with van der Waals surface area (Å²) in [7, 11) is 0. The van der Waals surface area contributed by atoms with Crippen molar-refractivity contribution in [1.29, 1.82) is 0 Å². The number of esters is 1. The molecule has 2 aromatic rings. The molecule has 7 nitrogen and oxygen atoms in total. The van der Waals surface area contributed by atoms with Crippen LogP contribution in [0, 0.1) is 13.8 Å². The molecule has 2 aromatic carbocycles. The summed E-state index contributed by atoms with van der Waals surface area (Å²) < 4.78 is 5.20. The SMILES string of the molecule is Cc1ccc(C)c(NC(=O)[C@@H](C)OC(=O)CCCN2C(=O)c3ccccc3C2=O)c1. The Morgan fingerprint density at radius 1 is 1.03 bits per heavy atom. The van der Waals surface area contributed by atoms with Crippen LogP contribution < -0.4 is 5.32 Å². The molecule has 7 heteroatoms. The molecule has 1 aliphatic rings. The van der Waals surface area contributed by atoms with Crippen molar-refractivity contribution < 1.29 is 23.9 Å². The van der Waals surface area contributed by atoms with E-state index >= 15 is 0 Å². The molecule has 0 aromatic heterocycles. The van der Waals surface area contributed by atoms with Gasteiger partial charge in [0.25, 0.3) is 17.7 Å². The normalized spacial score (nSPS) is 13.8. The molecule has 1 heterocycles. The van der Waals surface area contributed by atoms with Crippen molar-refractivity contribution in [3.63, 3.8) is 0 Å². The van der Waals surface area contributed by atoms with Crippen molar-refractivity contribution in [3.05, 3.63) is 64.7 Å². The number of aryl methyl sites for hydroxylation is 2. The molecule has 3 rings (SSSR count). The highest BCUT2D eigenvalue weighted by Gasteiger charge is 2.34. The molecular formula is C23H24N2O5. The van der Waals surface area contributed by atoms with Gasteiger partial charge in [0.05, 0.1) is 11.1 Å². The van der Waals surface area contributed by atoms with Crippen LogP contribution >= 0.6 is 0 Å². The second-order valence-corrected chi connectivity index (χ2v) is 7.35. The summed E-state index contributed by atoms with van der Waals surface area (Å²) in [5.74, 6) is -1.69. The van der Waals surface area contributed by atoms with Gasteiger partial charge in [0.15, 0.2) is 6.10 Å². The fraction of sp³-hybridized carbons (Fsp3) is 0.304. The fourth-order valence-corrected chi connectivity index (χ4v) is 3.24. The Kier molecular flexibility index (Phi) is 6.30. The van der Waals surface area contributed by atoms with Gasteiger partial charge in [-0.25, -0.2) is 0 Å². The Bertz CT molecular complexity index is 979.